The van der Waals surface area contributed by atoms with Crippen LogP contribution in [-0.2, 0) is 38.8 Å². The number of hydrogen-bond donors (Lipinski definition) is 0. The van der Waals surface area contributed by atoms with Gasteiger partial charge in [0.15, 0.2) is 0 Å². The second-order valence-corrected chi connectivity index (χ2v) is 80.0. The first kappa shape index (κ1) is 112. The number of fused-ring (bicyclic) bond motifs is 14. The van der Waals surface area contributed by atoms with E-state index in [4.69, 9.17) is 19.9 Å². The van der Waals surface area contributed by atoms with Gasteiger partial charge in [0.1, 0.15) is 22.1 Å². The van der Waals surface area contributed by atoms with Crippen LogP contribution >= 0.6 is 142 Å². The number of para-hydroxylation sites is 2. The first-order chi connectivity index (χ1) is 67.9. The molecule has 140 heavy (non-hydrogen) atoms. The van der Waals surface area contributed by atoms with Gasteiger partial charge in [-0.3, -0.25) is 0 Å². The Morgan fingerprint density at radius 1 is 0.350 bits per heavy atom. The monoisotopic (exact) mass is 2410 g/mol. The number of aromatic nitrogens is 6. The molecule has 739 valence electrons. The molecule has 1 radical (unpaired) electrons. The van der Waals surface area contributed by atoms with Gasteiger partial charge in [-0.2, -0.15) is 0 Å². The minimum Gasteiger partial charge on any atom is -0.340 e. The largest absolute Gasteiger partial charge is 0.340 e. The summed E-state index contributed by atoms with van der Waals surface area (Å²) >= 11 is 16.4. The van der Waals surface area contributed by atoms with Gasteiger partial charge < -0.3 is 9.13 Å². The molecular formula is C119H151Br2N6P5S6Sn2+. The molecule has 0 saturated heterocycles. The summed E-state index contributed by atoms with van der Waals surface area (Å²) in [5.41, 5.74) is 23.9. The Balaban J connectivity index is 0.000000175. The van der Waals surface area contributed by atoms with Gasteiger partial charge >= 0.3 is 235 Å². The normalized spacial score (nSPS) is 11.9. The molecule has 0 aliphatic heterocycles. The maximum Gasteiger partial charge on any atom is 0.116 e. The van der Waals surface area contributed by atoms with E-state index in [9.17, 15) is 0 Å². The molecule has 0 spiro atoms. The molecule has 4 atom stereocenters. The molecule has 6 nitrogen and oxygen atoms in total. The predicted molar refractivity (Wildman–Crippen MR) is 664 cm³/mol. The molecule has 4 unspecified atom stereocenters. The molecule has 0 aliphatic carbocycles. The van der Waals surface area contributed by atoms with E-state index >= 15 is 0 Å². The third kappa shape index (κ3) is 27.4. The Kier molecular flexibility index (Phi) is 44.5. The van der Waals surface area contributed by atoms with Crippen molar-refractivity contribution in [2.24, 2.45) is 0 Å². The molecule has 0 fully saturated rings. The summed E-state index contributed by atoms with van der Waals surface area (Å²) in [5.74, 6) is 0. The topological polar surface area (TPSA) is 61.4 Å². The minimum atomic E-state index is -1.50. The first-order valence-electron chi connectivity index (χ1n) is 52.5. The van der Waals surface area contributed by atoms with Gasteiger partial charge in [0.05, 0.1) is 44.6 Å². The number of halogens is 2. The van der Waals surface area contributed by atoms with Crippen molar-refractivity contribution in [3.05, 3.63) is 217 Å². The quantitative estimate of drug-likeness (QED) is 0.0165. The van der Waals surface area contributed by atoms with E-state index in [1.54, 1.807) is 59.5 Å². The second-order valence-electron chi connectivity index (χ2n) is 38.9. The second kappa shape index (κ2) is 55.9. The summed E-state index contributed by atoms with van der Waals surface area (Å²) in [6.45, 7) is 20.7. The molecule has 0 amide bonds. The number of unbranched alkanes of at least 4 members (excludes halogenated alkanes) is 26. The average Bonchev–Trinajstić information content (AvgIpc) is 1.55. The molecule has 21 heteroatoms. The summed E-state index contributed by atoms with van der Waals surface area (Å²) in [5, 5.41) is 11.6. The molecule has 10 aromatic heterocycles. The summed E-state index contributed by atoms with van der Waals surface area (Å²) in [7, 11) is 9.24. The fourth-order valence-corrected chi connectivity index (χ4v) is 37.6. The Morgan fingerprint density at radius 3 is 1.13 bits per heavy atom. The van der Waals surface area contributed by atoms with Crippen LogP contribution in [0.1, 0.15) is 279 Å². The third-order valence-electron chi connectivity index (χ3n) is 27.9. The Bertz CT molecular complexity index is 6980. The molecular weight excluding hydrogens is 2260 g/mol. The Morgan fingerprint density at radius 2 is 0.700 bits per heavy atom. The zero-order valence-corrected chi connectivity index (χ0v) is 105. The van der Waals surface area contributed by atoms with Crippen molar-refractivity contribution in [3.63, 3.8) is 0 Å². The van der Waals surface area contributed by atoms with E-state index in [2.05, 4.69) is 329 Å². The number of benzene rings is 8. The molecule has 0 saturated carbocycles. The fraction of sp³-hybridized carbons (Fsp3) is 0.420. The van der Waals surface area contributed by atoms with E-state index < -0.39 is 39.5 Å². The molecule has 18 rings (SSSR count). The average molecular weight is 2410 g/mol. The van der Waals surface area contributed by atoms with Crippen LogP contribution < -0.4 is 5.79 Å². The zero-order chi connectivity index (χ0) is 97.4. The van der Waals surface area contributed by atoms with E-state index in [-0.39, 0.29) is 14.4 Å². The Labute approximate surface area is 903 Å². The van der Waals surface area contributed by atoms with Crippen molar-refractivity contribution in [2.45, 2.75) is 319 Å². The van der Waals surface area contributed by atoms with E-state index in [0.717, 1.165) is 95.7 Å². The van der Waals surface area contributed by atoms with E-state index in [1.165, 1.54) is 314 Å². The van der Waals surface area contributed by atoms with Crippen LogP contribution in [0, 0.1) is 21.3 Å². The zero-order valence-electron chi connectivity index (χ0n) is 85.7. The minimum absolute atomic E-state index is 0. The van der Waals surface area contributed by atoms with Crippen molar-refractivity contribution in [1.82, 2.24) is 29.1 Å². The van der Waals surface area contributed by atoms with Crippen molar-refractivity contribution >= 4 is 293 Å². The number of rotatable bonds is 46. The van der Waals surface area contributed by atoms with Gasteiger partial charge in [-0.15, -0.1) is 72.1 Å². The first-order valence-corrected chi connectivity index (χ1v) is 82.6. The predicted octanol–water partition coefficient (Wildman–Crippen LogP) is 41.9. The third-order valence-corrected chi connectivity index (χ3v) is 62.7. The number of nitrogens with zero attached hydrogens (tertiary/aromatic N) is 6. The van der Waals surface area contributed by atoms with Gasteiger partial charge in [0.2, 0.25) is 0 Å². The van der Waals surface area contributed by atoms with Crippen LogP contribution in [0.3, 0.4) is 0 Å². The van der Waals surface area contributed by atoms with Crippen LogP contribution in [0.2, 0.25) is 19.8 Å². The molecule has 10 heterocycles. The van der Waals surface area contributed by atoms with Crippen LogP contribution in [0.5, 0.6) is 0 Å². The molecule has 0 bridgehead atoms. The standard InChI is InChI=1S/C58H67N3S3.C30H25Br2N3S.C26H36S2.5CH3.H7P5.2Sn.H/c1-6-9-12-15-17-22-29-43-44(30-23-18-16-13-10-7-2)48-38-51(64-57(48)56-47(43)36-39(4)62-56)58-55-52(40(5)63-58)59-54(53(60-55)41-27-20-19-21-28-41)42-33-34-46-45-31-24-25-32-49(45)61(50(46)37-42)35-26-14-11-8-3;1-2-3-4-10-17-35-23-14-9-8-13-21(23)22-16-15-20(18-24(22)35)26-25(19-11-6-5-7-12-19)33-27-28(34-26)30(32)36-29(27)31;1-3-5-7-9-11-13-15-21-22(16-14-12-10-8-6-4-2)24-18-20-28-26(24)25-23(21)17-19-27-25;;;;;;1-4-5(2)3;;;/h19-21,24-25,27-28,31-34,36-38H,6-18,22-23,26,29-30,35H2,1-5H3;5-9,11-16,18H,2-4,10,17H2,1H3;17-18H,3-16H2,1-2H3;5*1H3;4H,1-3H2;;;/q;;;;;;;+1;;;;. The summed E-state index contributed by atoms with van der Waals surface area (Å²) in [4.78, 5) is 37.2. The molecule has 0 N–H and O–H groups in total. The van der Waals surface area contributed by atoms with Crippen LogP contribution in [0.25, 0.3) is 161 Å². The molecule has 8 aromatic carbocycles. The number of aryl methyl sites for hydroxylation is 8. The maximum absolute atomic E-state index is 5.72. The Hall–Kier alpha value is -4.14. The maximum atomic E-state index is 5.72. The summed E-state index contributed by atoms with van der Waals surface area (Å²) in [6.07, 6.45) is 47.6. The van der Waals surface area contributed by atoms with Crippen molar-refractivity contribution in [1.29, 1.82) is 0 Å². The van der Waals surface area contributed by atoms with Crippen LogP contribution in [0.4, 0.5) is 0 Å². The molecule has 0 aliphatic rings. The fourth-order valence-electron chi connectivity index (χ4n) is 20.4. The van der Waals surface area contributed by atoms with Crippen LogP contribution in [-0.4, -0.2) is 68.6 Å². The van der Waals surface area contributed by atoms with Crippen molar-refractivity contribution in [2.75, 3.05) is 0 Å². The van der Waals surface area contributed by atoms with Gasteiger partial charge in [-0.1, -0.05) is 260 Å². The smallest absolute Gasteiger partial charge is 0.116 e. The number of hydrogen-bond acceptors (Lipinski definition) is 10. The summed E-state index contributed by atoms with van der Waals surface area (Å²) < 4.78 is 16.9. The van der Waals surface area contributed by atoms with Crippen molar-refractivity contribution in [3.8, 4) is 54.8 Å². The molecule has 18 aromatic rings. The van der Waals surface area contributed by atoms with Gasteiger partial charge in [0.25, 0.3) is 0 Å². The van der Waals surface area contributed by atoms with Gasteiger partial charge in [-0.25, -0.2) is 19.9 Å². The SMILES string of the molecule is CCCCCCCCc1c(CCCCCCCC)c2c[c]([SnH]([CH3])[CH3])sc2c2s[c]([Sn]([CH3])[CH3])cc12.CCCCCCCCc1c(CCCCCCCC)c2cc(-c3sc(C)c4nc(-c5ccc6c7ccccc7n(CCCCCC)c6c5)c(-c5ccccc5)nc34)sc2c2sc(C)cc12.CCCCCCn1c2ccccc2c2ccc(-c3nc4c(Br)sc(Br)c4nc3-c3ccccc3)cc21.PPP(P)P.[CH3+]. The number of thiophene rings is 6. The van der Waals surface area contributed by atoms with E-state index in [0.29, 0.717) is 0 Å². The van der Waals surface area contributed by atoms with Gasteiger partial charge in [0, 0.05) is 101 Å². The van der Waals surface area contributed by atoms with Crippen LogP contribution in [0.15, 0.2) is 177 Å². The summed E-state index contributed by atoms with van der Waals surface area (Å²) in [6, 6.07) is 63.1. The van der Waals surface area contributed by atoms with Crippen molar-refractivity contribution < 1.29 is 0 Å². The van der Waals surface area contributed by atoms with E-state index in [1.807, 2.05) is 40.1 Å². The van der Waals surface area contributed by atoms with Gasteiger partial charge in [-0.05, 0) is 150 Å².